The molecule has 2 rings (SSSR count). The Hall–Kier alpha value is -0.840. The lowest BCUT2D eigenvalue weighted by atomic mass is 10.4. The maximum Gasteiger partial charge on any atom is 0.188 e. The maximum atomic E-state index is 6.05. The van der Waals surface area contributed by atoms with Gasteiger partial charge in [-0.3, -0.25) is 0 Å². The quantitative estimate of drug-likeness (QED) is 0.486. The van der Waals surface area contributed by atoms with E-state index in [-0.39, 0.29) is 0 Å². The first-order valence-corrected chi connectivity index (χ1v) is 7.05. The van der Waals surface area contributed by atoms with Crippen molar-refractivity contribution in [1.82, 2.24) is 15.0 Å². The summed E-state index contributed by atoms with van der Waals surface area (Å²) in [7, 11) is 0. The molecule has 0 spiro atoms. The van der Waals surface area contributed by atoms with Gasteiger partial charge in [-0.1, -0.05) is 35.0 Å². The normalized spacial score (nSPS) is 10.7. The summed E-state index contributed by atoms with van der Waals surface area (Å²) >= 11 is 13.4. The van der Waals surface area contributed by atoms with Gasteiger partial charge >= 0.3 is 0 Å². The number of hydrogen-bond donors (Lipinski definition) is 0. The molecule has 0 aliphatic heterocycles. The molecule has 0 bridgehead atoms. The van der Waals surface area contributed by atoms with E-state index in [9.17, 15) is 0 Å². The fourth-order valence-corrected chi connectivity index (χ4v) is 2.77. The van der Waals surface area contributed by atoms with Gasteiger partial charge in [0.1, 0.15) is 5.15 Å². The van der Waals surface area contributed by atoms with Gasteiger partial charge in [0.2, 0.25) is 0 Å². The molecule has 18 heavy (non-hydrogen) atoms. The molecule has 2 aromatic heterocycles. The Morgan fingerprint density at radius 1 is 1.06 bits per heavy atom. The highest BCUT2D eigenvalue weighted by molar-refractivity contribution is 7.98. The predicted molar refractivity (Wildman–Crippen MR) is 75.3 cm³/mol. The van der Waals surface area contributed by atoms with E-state index < -0.39 is 0 Å². The van der Waals surface area contributed by atoms with Gasteiger partial charge in [-0.25, -0.2) is 15.0 Å². The highest BCUT2D eigenvalue weighted by Crippen LogP contribution is 2.24. The Kier molecular flexibility index (Phi) is 4.43. The number of aryl methyl sites for hydroxylation is 2. The summed E-state index contributed by atoms with van der Waals surface area (Å²) < 4.78 is 0. The van der Waals surface area contributed by atoms with Gasteiger partial charge in [-0.15, -0.1) is 0 Å². The summed E-state index contributed by atoms with van der Waals surface area (Å²) in [6.07, 6.45) is 0. The fourth-order valence-electron chi connectivity index (χ4n) is 1.45. The smallest absolute Gasteiger partial charge is 0.188 e. The Morgan fingerprint density at radius 3 is 2.39 bits per heavy atom. The molecule has 0 atom stereocenters. The molecule has 0 unspecified atom stereocenters. The van der Waals surface area contributed by atoms with E-state index in [4.69, 9.17) is 23.2 Å². The van der Waals surface area contributed by atoms with E-state index in [2.05, 4.69) is 15.0 Å². The van der Waals surface area contributed by atoms with Crippen molar-refractivity contribution in [3.8, 4) is 0 Å². The van der Waals surface area contributed by atoms with Gasteiger partial charge in [0.05, 0.1) is 10.7 Å². The minimum atomic E-state index is 0.441. The summed E-state index contributed by atoms with van der Waals surface area (Å²) in [5, 5.41) is 1.78. The van der Waals surface area contributed by atoms with Crippen LogP contribution < -0.4 is 0 Å². The molecule has 2 aromatic rings. The summed E-state index contributed by atoms with van der Waals surface area (Å²) in [6.45, 7) is 3.90. The van der Waals surface area contributed by atoms with E-state index in [1.54, 1.807) is 12.1 Å². The lowest BCUT2D eigenvalue weighted by Gasteiger charge is -2.04. The lowest BCUT2D eigenvalue weighted by molar-refractivity contribution is 0.901. The van der Waals surface area contributed by atoms with Crippen molar-refractivity contribution >= 4 is 35.0 Å². The second-order valence-electron chi connectivity index (χ2n) is 3.78. The molecule has 0 saturated heterocycles. The predicted octanol–water partition coefficient (Wildman–Crippen LogP) is 4.09. The lowest BCUT2D eigenvalue weighted by Crippen LogP contribution is -1.95. The highest BCUT2D eigenvalue weighted by Gasteiger charge is 2.06. The van der Waals surface area contributed by atoms with Crippen molar-refractivity contribution in [3.05, 3.63) is 45.5 Å². The summed E-state index contributed by atoms with van der Waals surface area (Å²) in [5.74, 6) is 0.599. The van der Waals surface area contributed by atoms with Crippen LogP contribution in [0.25, 0.3) is 0 Å². The third-order valence-electron chi connectivity index (χ3n) is 2.18. The number of rotatable bonds is 3. The van der Waals surface area contributed by atoms with E-state index >= 15 is 0 Å². The van der Waals surface area contributed by atoms with Crippen molar-refractivity contribution < 1.29 is 0 Å². The van der Waals surface area contributed by atoms with Gasteiger partial charge in [0.15, 0.2) is 5.16 Å². The molecule has 0 aromatic carbocycles. The Labute approximate surface area is 120 Å². The zero-order valence-electron chi connectivity index (χ0n) is 9.94. The first-order valence-electron chi connectivity index (χ1n) is 5.30. The van der Waals surface area contributed by atoms with E-state index in [0.717, 1.165) is 22.2 Å². The van der Waals surface area contributed by atoms with Crippen molar-refractivity contribution in [2.45, 2.75) is 24.8 Å². The third kappa shape index (κ3) is 3.57. The molecule has 0 saturated carbocycles. The molecular weight excluding hydrogens is 289 g/mol. The number of halogens is 2. The topological polar surface area (TPSA) is 38.7 Å². The van der Waals surface area contributed by atoms with Gasteiger partial charge in [0, 0.05) is 17.1 Å². The zero-order chi connectivity index (χ0) is 13.1. The van der Waals surface area contributed by atoms with Gasteiger partial charge in [-0.05, 0) is 32.0 Å². The van der Waals surface area contributed by atoms with Crippen molar-refractivity contribution in [2.24, 2.45) is 0 Å². The van der Waals surface area contributed by atoms with Crippen LogP contribution in [0.3, 0.4) is 0 Å². The third-order valence-corrected chi connectivity index (χ3v) is 3.60. The van der Waals surface area contributed by atoms with Crippen molar-refractivity contribution in [2.75, 3.05) is 0 Å². The Morgan fingerprint density at radius 2 is 1.72 bits per heavy atom. The van der Waals surface area contributed by atoms with Crippen molar-refractivity contribution in [1.29, 1.82) is 0 Å². The number of hydrogen-bond acceptors (Lipinski definition) is 4. The molecule has 2 heterocycles. The zero-order valence-corrected chi connectivity index (χ0v) is 12.3. The van der Waals surface area contributed by atoms with Gasteiger partial charge in [-0.2, -0.15) is 0 Å². The molecule has 0 N–H and O–H groups in total. The largest absolute Gasteiger partial charge is 0.239 e. The SMILES string of the molecule is Cc1cc(C)nc(SCc2nc(Cl)ccc2Cl)n1. The number of thioether (sulfide) groups is 1. The number of aromatic nitrogens is 3. The Balaban J connectivity index is 2.13. The van der Waals surface area contributed by atoms with Crippen LogP contribution in [0, 0.1) is 13.8 Å². The van der Waals surface area contributed by atoms with Crippen LogP contribution in [-0.4, -0.2) is 15.0 Å². The van der Waals surface area contributed by atoms with Crippen LogP contribution in [0.5, 0.6) is 0 Å². The van der Waals surface area contributed by atoms with Crippen LogP contribution in [0.4, 0.5) is 0 Å². The van der Waals surface area contributed by atoms with E-state index in [1.165, 1.54) is 11.8 Å². The average molecular weight is 300 g/mol. The van der Waals surface area contributed by atoms with E-state index in [1.807, 2.05) is 19.9 Å². The first-order chi connectivity index (χ1) is 8.54. The summed E-state index contributed by atoms with van der Waals surface area (Å²) in [4.78, 5) is 12.9. The number of pyridine rings is 1. The molecule has 0 aliphatic rings. The minimum absolute atomic E-state index is 0.441. The maximum absolute atomic E-state index is 6.05. The molecular formula is C12H11Cl2N3S. The summed E-state index contributed by atoms with van der Waals surface area (Å²) in [5.41, 5.74) is 2.65. The van der Waals surface area contributed by atoms with Crippen LogP contribution in [0.15, 0.2) is 23.4 Å². The number of nitrogens with zero attached hydrogens (tertiary/aromatic N) is 3. The minimum Gasteiger partial charge on any atom is -0.239 e. The van der Waals surface area contributed by atoms with Crippen LogP contribution in [0.1, 0.15) is 17.1 Å². The monoisotopic (exact) mass is 299 g/mol. The van der Waals surface area contributed by atoms with Crippen LogP contribution in [0.2, 0.25) is 10.2 Å². The molecule has 6 heteroatoms. The highest BCUT2D eigenvalue weighted by atomic mass is 35.5. The van der Waals surface area contributed by atoms with E-state index in [0.29, 0.717) is 15.9 Å². The molecule has 0 radical (unpaired) electrons. The molecule has 3 nitrogen and oxygen atoms in total. The molecule has 94 valence electrons. The molecule has 0 aliphatic carbocycles. The molecule has 0 amide bonds. The second kappa shape index (κ2) is 5.87. The fraction of sp³-hybridized carbons (Fsp3) is 0.250. The standard InChI is InChI=1S/C12H11Cl2N3S/c1-7-5-8(2)16-12(15-7)18-6-10-9(13)3-4-11(14)17-10/h3-5H,6H2,1-2H3. The summed E-state index contributed by atoms with van der Waals surface area (Å²) in [6, 6.07) is 5.36. The second-order valence-corrected chi connectivity index (χ2v) is 5.52. The van der Waals surface area contributed by atoms with Crippen molar-refractivity contribution in [3.63, 3.8) is 0 Å². The first kappa shape index (κ1) is 13.6. The van der Waals surface area contributed by atoms with Gasteiger partial charge in [0.25, 0.3) is 0 Å². The Bertz CT molecular complexity index is 555. The average Bonchev–Trinajstić information content (AvgIpc) is 2.29. The van der Waals surface area contributed by atoms with Crippen LogP contribution in [-0.2, 0) is 5.75 Å². The van der Waals surface area contributed by atoms with Gasteiger partial charge < -0.3 is 0 Å². The van der Waals surface area contributed by atoms with Crippen LogP contribution >= 0.6 is 35.0 Å². The molecule has 0 fully saturated rings.